The van der Waals surface area contributed by atoms with Crippen LogP contribution in [0, 0.1) is 0 Å². The second-order valence-corrected chi connectivity index (χ2v) is 5.69. The summed E-state index contributed by atoms with van der Waals surface area (Å²) in [5.41, 5.74) is 0.460. The summed E-state index contributed by atoms with van der Waals surface area (Å²) < 4.78 is 11.3. The first kappa shape index (κ1) is 15.8. The quantitative estimate of drug-likeness (QED) is 0.909. The Hall–Kier alpha value is -2.11. The molecule has 2 heterocycles. The zero-order chi connectivity index (χ0) is 16.1. The van der Waals surface area contributed by atoms with Gasteiger partial charge in [-0.15, -0.1) is 0 Å². The van der Waals surface area contributed by atoms with E-state index in [-0.39, 0.29) is 12.0 Å². The van der Waals surface area contributed by atoms with Crippen molar-refractivity contribution in [3.8, 4) is 5.75 Å². The van der Waals surface area contributed by atoms with Crippen LogP contribution in [0.4, 0.5) is 5.82 Å². The van der Waals surface area contributed by atoms with E-state index in [0.29, 0.717) is 28.8 Å². The molecule has 1 atom stereocenters. The number of nitrogens with zero attached hydrogens (tertiary/aromatic N) is 1. The van der Waals surface area contributed by atoms with Gasteiger partial charge >= 0.3 is 0 Å². The monoisotopic (exact) mass is 332 g/mol. The highest BCUT2D eigenvalue weighted by molar-refractivity contribution is 6.30. The Labute approximate surface area is 139 Å². The fourth-order valence-electron chi connectivity index (χ4n) is 2.37. The molecule has 0 aliphatic carbocycles. The number of carbonyl (C=O) groups excluding carboxylic acids is 1. The summed E-state index contributed by atoms with van der Waals surface area (Å²) in [5.74, 6) is 0.700. The largest absolute Gasteiger partial charge is 0.490 e. The Bertz CT molecular complexity index is 670. The van der Waals surface area contributed by atoms with E-state index in [0.717, 1.165) is 19.4 Å². The molecule has 0 radical (unpaired) electrons. The SMILES string of the molecule is O=C(Nc1ccc(Cl)cn1)c1ccccc1OC[C@H]1CCCO1. The maximum absolute atomic E-state index is 12.4. The Morgan fingerprint density at radius 2 is 2.22 bits per heavy atom. The average Bonchev–Trinajstić information content (AvgIpc) is 3.09. The molecule has 0 unspecified atom stereocenters. The van der Waals surface area contributed by atoms with Gasteiger partial charge in [-0.3, -0.25) is 4.79 Å². The van der Waals surface area contributed by atoms with Crippen molar-refractivity contribution in [1.29, 1.82) is 0 Å². The van der Waals surface area contributed by atoms with Gasteiger partial charge in [-0.05, 0) is 37.1 Å². The van der Waals surface area contributed by atoms with Crippen molar-refractivity contribution in [2.24, 2.45) is 0 Å². The first-order valence-corrected chi connectivity index (χ1v) is 7.86. The highest BCUT2D eigenvalue weighted by Crippen LogP contribution is 2.21. The van der Waals surface area contributed by atoms with Crippen LogP contribution in [-0.2, 0) is 4.74 Å². The topological polar surface area (TPSA) is 60.5 Å². The summed E-state index contributed by atoms with van der Waals surface area (Å²) in [6, 6.07) is 10.4. The Morgan fingerprint density at radius 1 is 1.35 bits per heavy atom. The van der Waals surface area contributed by atoms with Gasteiger partial charge in [0.2, 0.25) is 0 Å². The van der Waals surface area contributed by atoms with Crippen LogP contribution in [0.2, 0.25) is 5.02 Å². The summed E-state index contributed by atoms with van der Waals surface area (Å²) >= 11 is 5.79. The van der Waals surface area contributed by atoms with E-state index in [1.54, 1.807) is 30.3 Å². The number of benzene rings is 1. The van der Waals surface area contributed by atoms with Crippen molar-refractivity contribution in [1.82, 2.24) is 4.98 Å². The predicted molar refractivity (Wildman–Crippen MR) is 88.1 cm³/mol. The van der Waals surface area contributed by atoms with Crippen molar-refractivity contribution in [3.63, 3.8) is 0 Å². The van der Waals surface area contributed by atoms with E-state index >= 15 is 0 Å². The third kappa shape index (κ3) is 4.21. The van der Waals surface area contributed by atoms with Crippen molar-refractivity contribution < 1.29 is 14.3 Å². The lowest BCUT2D eigenvalue weighted by Crippen LogP contribution is -2.19. The molecule has 5 nitrogen and oxygen atoms in total. The summed E-state index contributed by atoms with van der Waals surface area (Å²) in [5, 5.41) is 3.25. The third-order valence-corrected chi connectivity index (χ3v) is 3.77. The van der Waals surface area contributed by atoms with E-state index in [4.69, 9.17) is 21.1 Å². The van der Waals surface area contributed by atoms with Gasteiger partial charge < -0.3 is 14.8 Å². The summed E-state index contributed by atoms with van der Waals surface area (Å²) in [7, 11) is 0. The molecule has 3 rings (SSSR count). The van der Waals surface area contributed by atoms with Crippen LogP contribution >= 0.6 is 11.6 Å². The third-order valence-electron chi connectivity index (χ3n) is 3.55. The maximum Gasteiger partial charge on any atom is 0.260 e. The summed E-state index contributed by atoms with van der Waals surface area (Å²) in [6.07, 6.45) is 3.63. The van der Waals surface area contributed by atoms with Crippen molar-refractivity contribution >= 4 is 23.3 Å². The van der Waals surface area contributed by atoms with Gasteiger partial charge in [-0.2, -0.15) is 0 Å². The van der Waals surface area contributed by atoms with Crippen LogP contribution in [0.5, 0.6) is 5.75 Å². The molecule has 1 aliphatic rings. The van der Waals surface area contributed by atoms with Crippen molar-refractivity contribution in [2.75, 3.05) is 18.5 Å². The number of hydrogen-bond acceptors (Lipinski definition) is 4. The van der Waals surface area contributed by atoms with E-state index in [1.807, 2.05) is 6.07 Å². The number of nitrogens with one attached hydrogen (secondary N) is 1. The van der Waals surface area contributed by atoms with Gasteiger partial charge in [-0.1, -0.05) is 23.7 Å². The van der Waals surface area contributed by atoms with Gasteiger partial charge in [0.15, 0.2) is 0 Å². The molecule has 1 amide bonds. The van der Waals surface area contributed by atoms with Gasteiger partial charge in [-0.25, -0.2) is 4.98 Å². The minimum absolute atomic E-state index is 0.101. The van der Waals surface area contributed by atoms with E-state index < -0.39 is 0 Å². The number of ether oxygens (including phenoxy) is 2. The molecule has 1 aromatic carbocycles. The number of anilines is 1. The van der Waals surface area contributed by atoms with Crippen LogP contribution in [-0.4, -0.2) is 30.2 Å². The van der Waals surface area contributed by atoms with Crippen molar-refractivity contribution in [2.45, 2.75) is 18.9 Å². The minimum Gasteiger partial charge on any atom is -0.490 e. The lowest BCUT2D eigenvalue weighted by atomic mass is 10.2. The second kappa shape index (κ2) is 7.44. The molecule has 1 fully saturated rings. The number of carbonyl (C=O) groups is 1. The van der Waals surface area contributed by atoms with Crippen molar-refractivity contribution in [3.05, 3.63) is 53.2 Å². The standard InChI is InChI=1S/C17H17ClN2O3/c18-12-7-8-16(19-10-12)20-17(21)14-5-1-2-6-15(14)23-11-13-4-3-9-22-13/h1-2,5-8,10,13H,3-4,9,11H2,(H,19,20,21)/t13-/m1/s1. The molecule has 120 valence electrons. The fraction of sp³-hybridized carbons (Fsp3) is 0.294. The summed E-state index contributed by atoms with van der Waals surface area (Å²) in [6.45, 7) is 1.22. The number of rotatable bonds is 5. The van der Waals surface area contributed by atoms with Crippen LogP contribution in [0.1, 0.15) is 23.2 Å². The molecule has 1 aliphatic heterocycles. The molecule has 0 saturated carbocycles. The molecular weight excluding hydrogens is 316 g/mol. The average molecular weight is 333 g/mol. The Balaban J connectivity index is 1.68. The zero-order valence-electron chi connectivity index (χ0n) is 12.5. The van der Waals surface area contributed by atoms with Crippen LogP contribution in [0.15, 0.2) is 42.6 Å². The molecular formula is C17H17ClN2O3. The second-order valence-electron chi connectivity index (χ2n) is 5.26. The van der Waals surface area contributed by atoms with Gasteiger partial charge in [0.05, 0.1) is 16.7 Å². The smallest absolute Gasteiger partial charge is 0.260 e. The van der Waals surface area contributed by atoms with Crippen LogP contribution < -0.4 is 10.1 Å². The van der Waals surface area contributed by atoms with E-state index in [9.17, 15) is 4.79 Å². The summed E-state index contributed by atoms with van der Waals surface area (Å²) in [4.78, 5) is 16.5. The lowest BCUT2D eigenvalue weighted by molar-refractivity contribution is 0.0673. The zero-order valence-corrected chi connectivity index (χ0v) is 13.3. The highest BCUT2D eigenvalue weighted by Gasteiger charge is 2.18. The lowest BCUT2D eigenvalue weighted by Gasteiger charge is -2.14. The first-order chi connectivity index (χ1) is 11.2. The minimum atomic E-state index is -0.275. The van der Waals surface area contributed by atoms with Gasteiger partial charge in [0, 0.05) is 12.8 Å². The number of aromatic nitrogens is 1. The van der Waals surface area contributed by atoms with Gasteiger partial charge in [0.25, 0.3) is 5.91 Å². The number of halogens is 1. The highest BCUT2D eigenvalue weighted by atomic mass is 35.5. The molecule has 6 heteroatoms. The first-order valence-electron chi connectivity index (χ1n) is 7.49. The molecule has 1 aromatic heterocycles. The number of hydrogen-bond donors (Lipinski definition) is 1. The maximum atomic E-state index is 12.4. The Kier molecular flexibility index (Phi) is 5.10. The molecule has 23 heavy (non-hydrogen) atoms. The van der Waals surface area contributed by atoms with E-state index in [1.165, 1.54) is 6.20 Å². The predicted octanol–water partition coefficient (Wildman–Crippen LogP) is 3.55. The number of para-hydroxylation sites is 1. The fourth-order valence-corrected chi connectivity index (χ4v) is 2.48. The molecule has 1 saturated heterocycles. The number of amides is 1. The Morgan fingerprint density at radius 3 is 2.96 bits per heavy atom. The van der Waals surface area contributed by atoms with Crippen LogP contribution in [0.25, 0.3) is 0 Å². The van der Waals surface area contributed by atoms with Crippen LogP contribution in [0.3, 0.4) is 0 Å². The molecule has 0 bridgehead atoms. The molecule has 0 spiro atoms. The van der Waals surface area contributed by atoms with Gasteiger partial charge in [0.1, 0.15) is 18.2 Å². The molecule has 1 N–H and O–H groups in total. The van der Waals surface area contributed by atoms with E-state index in [2.05, 4.69) is 10.3 Å². The number of pyridine rings is 1. The molecule has 2 aromatic rings. The normalized spacial score (nSPS) is 17.0.